The van der Waals surface area contributed by atoms with Crippen LogP contribution in [-0.2, 0) is 5.88 Å². The summed E-state index contributed by atoms with van der Waals surface area (Å²) in [6.45, 7) is 8.00. The summed E-state index contributed by atoms with van der Waals surface area (Å²) in [5.41, 5.74) is 1.11. The van der Waals surface area contributed by atoms with Crippen molar-refractivity contribution in [2.24, 2.45) is 11.8 Å². The molecule has 1 aliphatic rings. The van der Waals surface area contributed by atoms with Crippen molar-refractivity contribution in [3.63, 3.8) is 0 Å². The predicted octanol–water partition coefficient (Wildman–Crippen LogP) is 4.45. The van der Waals surface area contributed by atoms with Crippen molar-refractivity contribution in [2.45, 2.75) is 39.1 Å². The van der Waals surface area contributed by atoms with E-state index in [4.69, 9.17) is 11.6 Å². The van der Waals surface area contributed by atoms with E-state index < -0.39 is 0 Å². The number of alkyl halides is 1. The Bertz CT molecular complexity index is 424. The first-order valence-electron chi connectivity index (χ1n) is 6.50. The van der Waals surface area contributed by atoms with Gasteiger partial charge in [0.05, 0.1) is 5.88 Å². The second-order valence-corrected chi connectivity index (χ2v) is 6.66. The van der Waals surface area contributed by atoms with E-state index in [9.17, 15) is 0 Å². The van der Waals surface area contributed by atoms with Crippen LogP contribution in [0.3, 0.4) is 0 Å². The number of rotatable bonds is 2. The molecule has 1 aliphatic heterocycles. The minimum absolute atomic E-state index is 0.508. The van der Waals surface area contributed by atoms with Crippen molar-refractivity contribution >= 4 is 33.3 Å². The first kappa shape index (κ1) is 14.1. The molecule has 0 aromatic carbocycles. The number of nitrogens with zero attached hydrogens (tertiary/aromatic N) is 2. The van der Waals surface area contributed by atoms with Gasteiger partial charge in [-0.05, 0) is 47.2 Å². The summed E-state index contributed by atoms with van der Waals surface area (Å²) in [6.07, 6.45) is 3.16. The molecule has 0 aliphatic carbocycles. The molecule has 1 fully saturated rings. The van der Waals surface area contributed by atoms with Crippen LogP contribution in [0.1, 0.15) is 32.8 Å². The number of halogens is 2. The normalized spacial score (nSPS) is 28.5. The number of aromatic nitrogens is 1. The molecule has 0 saturated carbocycles. The molecule has 3 atom stereocenters. The molecule has 0 amide bonds. The molecule has 2 rings (SSSR count). The molecule has 0 N–H and O–H groups in total. The lowest BCUT2D eigenvalue weighted by Crippen LogP contribution is -2.46. The monoisotopic (exact) mass is 330 g/mol. The van der Waals surface area contributed by atoms with Crippen molar-refractivity contribution in [1.29, 1.82) is 0 Å². The molecule has 18 heavy (non-hydrogen) atoms. The lowest BCUT2D eigenvalue weighted by molar-refractivity contribution is 0.295. The first-order valence-corrected chi connectivity index (χ1v) is 7.82. The third kappa shape index (κ3) is 2.83. The minimum atomic E-state index is 0.508. The number of hydrogen-bond donors (Lipinski definition) is 0. The van der Waals surface area contributed by atoms with Crippen LogP contribution in [-0.4, -0.2) is 17.6 Å². The molecule has 1 aromatic heterocycles. The predicted molar refractivity (Wildman–Crippen MR) is 81.2 cm³/mol. The Hall–Kier alpha value is -0.280. The number of piperidine rings is 1. The van der Waals surface area contributed by atoms with Gasteiger partial charge in [-0.3, -0.25) is 0 Å². The van der Waals surface area contributed by atoms with Gasteiger partial charge in [0.2, 0.25) is 0 Å². The summed E-state index contributed by atoms with van der Waals surface area (Å²) >= 11 is 9.52. The molecule has 3 unspecified atom stereocenters. The Balaban J connectivity index is 2.34. The highest BCUT2D eigenvalue weighted by Crippen LogP contribution is 2.33. The van der Waals surface area contributed by atoms with Crippen LogP contribution in [0.2, 0.25) is 0 Å². The highest BCUT2D eigenvalue weighted by Gasteiger charge is 2.30. The molecule has 2 heterocycles. The topological polar surface area (TPSA) is 16.1 Å². The third-order valence-electron chi connectivity index (χ3n) is 3.92. The number of hydrogen-bond acceptors (Lipinski definition) is 2. The molecular weight excluding hydrogens is 312 g/mol. The minimum Gasteiger partial charge on any atom is -0.353 e. The van der Waals surface area contributed by atoms with Crippen LogP contribution in [0.5, 0.6) is 0 Å². The van der Waals surface area contributed by atoms with Crippen LogP contribution >= 0.6 is 27.5 Å². The van der Waals surface area contributed by atoms with Gasteiger partial charge in [-0.2, -0.15) is 0 Å². The van der Waals surface area contributed by atoms with E-state index in [2.05, 4.69) is 52.7 Å². The van der Waals surface area contributed by atoms with Crippen molar-refractivity contribution in [3.05, 3.63) is 22.3 Å². The Morgan fingerprint density at radius 3 is 2.83 bits per heavy atom. The van der Waals surface area contributed by atoms with Crippen LogP contribution < -0.4 is 4.90 Å². The molecule has 0 bridgehead atoms. The average molecular weight is 332 g/mol. The largest absolute Gasteiger partial charge is 0.353 e. The zero-order valence-electron chi connectivity index (χ0n) is 11.2. The van der Waals surface area contributed by atoms with Crippen molar-refractivity contribution in [3.8, 4) is 0 Å². The van der Waals surface area contributed by atoms with E-state index in [-0.39, 0.29) is 0 Å². The lowest BCUT2D eigenvalue weighted by Gasteiger charge is -2.42. The zero-order valence-corrected chi connectivity index (χ0v) is 13.5. The van der Waals surface area contributed by atoms with Crippen molar-refractivity contribution in [2.75, 3.05) is 11.4 Å². The molecule has 2 nitrogen and oxygen atoms in total. The van der Waals surface area contributed by atoms with Gasteiger partial charge in [0.15, 0.2) is 0 Å². The van der Waals surface area contributed by atoms with E-state index in [0.717, 1.165) is 22.4 Å². The average Bonchev–Trinajstić information content (AvgIpc) is 2.34. The molecule has 100 valence electrons. The summed E-state index contributed by atoms with van der Waals surface area (Å²) in [5, 5.41) is 0. The fourth-order valence-electron chi connectivity index (χ4n) is 2.83. The maximum absolute atomic E-state index is 6.06. The molecule has 1 aromatic rings. The fraction of sp³-hybridized carbons (Fsp3) is 0.643. The second kappa shape index (κ2) is 5.79. The maximum atomic E-state index is 6.06. The molecular formula is C14H20BrClN2. The SMILES string of the molecule is CC1CC(C)C(C)N(c2ncc(Br)cc2CCl)C1. The Morgan fingerprint density at radius 2 is 2.17 bits per heavy atom. The highest BCUT2D eigenvalue weighted by molar-refractivity contribution is 9.10. The Kier molecular flexibility index (Phi) is 4.54. The standard InChI is InChI=1S/C14H20BrClN2/c1-9-4-10(2)11(3)18(8-9)14-12(6-16)5-13(15)7-17-14/h5,7,9-11H,4,6,8H2,1-3H3. The fourth-order valence-corrected chi connectivity index (χ4v) is 3.40. The molecule has 1 saturated heterocycles. The number of anilines is 1. The van der Waals surface area contributed by atoms with Gasteiger partial charge in [-0.15, -0.1) is 11.6 Å². The van der Waals surface area contributed by atoms with E-state index in [1.54, 1.807) is 0 Å². The summed E-state index contributed by atoms with van der Waals surface area (Å²) in [5.74, 6) is 2.97. The lowest BCUT2D eigenvalue weighted by atomic mass is 9.86. The first-order chi connectivity index (χ1) is 8.52. The quantitative estimate of drug-likeness (QED) is 0.744. The van der Waals surface area contributed by atoms with Gasteiger partial charge >= 0.3 is 0 Å². The molecule has 0 spiro atoms. The van der Waals surface area contributed by atoms with Gasteiger partial charge in [0.25, 0.3) is 0 Å². The van der Waals surface area contributed by atoms with Gasteiger partial charge in [0.1, 0.15) is 5.82 Å². The van der Waals surface area contributed by atoms with Crippen LogP contribution in [0.15, 0.2) is 16.7 Å². The van der Waals surface area contributed by atoms with E-state index in [1.165, 1.54) is 6.42 Å². The summed E-state index contributed by atoms with van der Waals surface area (Å²) < 4.78 is 0.993. The Labute approximate surface area is 123 Å². The maximum Gasteiger partial charge on any atom is 0.133 e. The summed E-state index contributed by atoms with van der Waals surface area (Å²) in [6, 6.07) is 2.60. The third-order valence-corrected chi connectivity index (χ3v) is 4.64. The summed E-state index contributed by atoms with van der Waals surface area (Å²) in [7, 11) is 0. The number of pyridine rings is 1. The molecule has 4 heteroatoms. The highest BCUT2D eigenvalue weighted by atomic mass is 79.9. The van der Waals surface area contributed by atoms with Crippen molar-refractivity contribution in [1.82, 2.24) is 4.98 Å². The summed E-state index contributed by atoms with van der Waals surface area (Å²) in [4.78, 5) is 7.01. The van der Waals surface area contributed by atoms with Gasteiger partial charge < -0.3 is 4.90 Å². The van der Waals surface area contributed by atoms with Gasteiger partial charge in [-0.25, -0.2) is 4.98 Å². The smallest absolute Gasteiger partial charge is 0.133 e. The van der Waals surface area contributed by atoms with Crippen LogP contribution in [0.4, 0.5) is 5.82 Å². The van der Waals surface area contributed by atoms with Gasteiger partial charge in [-0.1, -0.05) is 13.8 Å². The van der Waals surface area contributed by atoms with Crippen LogP contribution in [0, 0.1) is 11.8 Å². The second-order valence-electron chi connectivity index (χ2n) is 5.48. The zero-order chi connectivity index (χ0) is 13.3. The Morgan fingerprint density at radius 1 is 1.44 bits per heavy atom. The van der Waals surface area contributed by atoms with Crippen molar-refractivity contribution < 1.29 is 0 Å². The van der Waals surface area contributed by atoms with E-state index in [0.29, 0.717) is 23.8 Å². The van der Waals surface area contributed by atoms with E-state index in [1.807, 2.05) is 6.20 Å². The van der Waals surface area contributed by atoms with E-state index >= 15 is 0 Å². The van der Waals surface area contributed by atoms with Crippen LogP contribution in [0.25, 0.3) is 0 Å². The molecule has 0 radical (unpaired) electrons. The van der Waals surface area contributed by atoms with Gasteiger partial charge in [0, 0.05) is 28.8 Å².